The number of fused-ring (bicyclic) bond motifs is 1. The molecule has 0 bridgehead atoms. The topological polar surface area (TPSA) is 122 Å². The van der Waals surface area contributed by atoms with Crippen molar-refractivity contribution in [3.05, 3.63) is 60.3 Å². The molecule has 1 aromatic carbocycles. The molecule has 0 radical (unpaired) electrons. The van der Waals surface area contributed by atoms with E-state index < -0.39 is 30.8 Å². The Morgan fingerprint density at radius 2 is 2.09 bits per heavy atom. The molecule has 2 heterocycles. The Morgan fingerprint density at radius 3 is 2.82 bits per heavy atom. The summed E-state index contributed by atoms with van der Waals surface area (Å²) in [5, 5.41) is 23.9. The molecule has 0 saturated heterocycles. The molecule has 8 nitrogen and oxygen atoms in total. The summed E-state index contributed by atoms with van der Waals surface area (Å²) in [5.41, 5.74) is 1.65. The van der Waals surface area contributed by atoms with Gasteiger partial charge in [0.05, 0.1) is 24.5 Å². The summed E-state index contributed by atoms with van der Waals surface area (Å²) in [4.78, 5) is 19.6. The Balaban J connectivity index is 1.60. The van der Waals surface area contributed by atoms with E-state index in [1.54, 1.807) is 24.4 Å². The quantitative estimate of drug-likeness (QED) is 0.541. The number of pyridine rings is 1. The maximum atomic E-state index is 12.5. The number of allylic oxidation sites excluding steroid dienone is 2. The molecular formula is C23H17F3N4O4. The number of halogens is 3. The van der Waals surface area contributed by atoms with Gasteiger partial charge < -0.3 is 14.4 Å². The number of hydrogen-bond donors (Lipinski definition) is 1. The zero-order valence-corrected chi connectivity index (χ0v) is 17.5. The summed E-state index contributed by atoms with van der Waals surface area (Å²) >= 11 is 0. The lowest BCUT2D eigenvalue weighted by molar-refractivity contribution is -0.182. The number of nitriles is 1. The molecule has 34 heavy (non-hydrogen) atoms. The number of aryl methyl sites for hydroxylation is 1. The third-order valence-electron chi connectivity index (χ3n) is 5.15. The highest BCUT2D eigenvalue weighted by Gasteiger charge is 2.32. The minimum atomic E-state index is -4.50. The monoisotopic (exact) mass is 470 g/mol. The lowest BCUT2D eigenvalue weighted by Crippen LogP contribution is -2.27. The van der Waals surface area contributed by atoms with Crippen LogP contribution in [0.3, 0.4) is 0 Å². The second kappa shape index (κ2) is 9.44. The molecule has 0 fully saturated rings. The zero-order chi connectivity index (χ0) is 24.3. The van der Waals surface area contributed by atoms with Gasteiger partial charge in [0, 0.05) is 34.8 Å². The summed E-state index contributed by atoms with van der Waals surface area (Å²) in [5.74, 6) is -1.53. The van der Waals surface area contributed by atoms with Crippen molar-refractivity contribution in [3.8, 4) is 17.5 Å². The van der Waals surface area contributed by atoms with Crippen molar-refractivity contribution in [1.29, 1.82) is 5.26 Å². The van der Waals surface area contributed by atoms with Crippen molar-refractivity contribution in [2.75, 3.05) is 6.61 Å². The summed E-state index contributed by atoms with van der Waals surface area (Å²) in [6.45, 7) is -1.46. The number of aliphatic carboxylic acids is 1. The number of carbonyl (C=O) groups is 1. The number of ether oxygens (including phenoxy) is 1. The lowest BCUT2D eigenvalue weighted by atomic mass is 9.94. The largest absolute Gasteiger partial charge is 0.481 e. The Morgan fingerprint density at radius 1 is 1.26 bits per heavy atom. The molecule has 1 aliphatic rings. The van der Waals surface area contributed by atoms with Gasteiger partial charge in [-0.05, 0) is 11.5 Å². The van der Waals surface area contributed by atoms with Gasteiger partial charge in [-0.25, -0.2) is 0 Å². The highest BCUT2D eigenvalue weighted by atomic mass is 19.4. The Kier molecular flexibility index (Phi) is 6.43. The molecule has 3 aromatic rings. The van der Waals surface area contributed by atoms with Crippen LogP contribution in [0.25, 0.3) is 27.7 Å². The number of aromatic nitrogens is 3. The van der Waals surface area contributed by atoms with Crippen molar-refractivity contribution in [2.45, 2.75) is 25.1 Å². The zero-order valence-electron chi connectivity index (χ0n) is 17.5. The molecule has 2 aromatic heterocycles. The van der Waals surface area contributed by atoms with Crippen LogP contribution in [0.5, 0.6) is 0 Å². The molecule has 1 aliphatic carbocycles. The van der Waals surface area contributed by atoms with E-state index in [0.29, 0.717) is 16.8 Å². The van der Waals surface area contributed by atoms with Crippen LogP contribution < -0.4 is 0 Å². The molecule has 174 valence electrons. The standard InChI is InChI=1S/C23H17F3N4O4/c24-23(25,26)12-33-19-6-4-13(10-14(19)11-27)22-29-21(30-34-22)17-3-1-2-16-15(17)8-9-28-18(16)5-7-20(31)32/h1-4,6,8-10,14,19H,5,7,12H2,(H,31,32). The number of benzene rings is 1. The minimum Gasteiger partial charge on any atom is -0.481 e. The Hall–Kier alpha value is -4.04. The van der Waals surface area contributed by atoms with Crippen molar-refractivity contribution in [3.63, 3.8) is 0 Å². The van der Waals surface area contributed by atoms with Gasteiger partial charge in [0.2, 0.25) is 5.82 Å². The first-order valence-electron chi connectivity index (χ1n) is 10.2. The first-order chi connectivity index (χ1) is 16.2. The van der Waals surface area contributed by atoms with Crippen LogP contribution in [0.15, 0.2) is 53.2 Å². The fourth-order valence-corrected chi connectivity index (χ4v) is 3.60. The van der Waals surface area contributed by atoms with Gasteiger partial charge in [0.25, 0.3) is 5.89 Å². The summed E-state index contributed by atoms with van der Waals surface area (Å²) < 4.78 is 47.5. The van der Waals surface area contributed by atoms with Crippen molar-refractivity contribution >= 4 is 22.3 Å². The predicted octanol–water partition coefficient (Wildman–Crippen LogP) is 4.34. The molecular weight excluding hydrogens is 453 g/mol. The van der Waals surface area contributed by atoms with Crippen LogP contribution in [0.2, 0.25) is 0 Å². The van der Waals surface area contributed by atoms with E-state index in [9.17, 15) is 23.2 Å². The Labute approximate surface area is 191 Å². The molecule has 4 rings (SSSR count). The maximum absolute atomic E-state index is 12.5. The molecule has 0 aliphatic heterocycles. The summed E-state index contributed by atoms with van der Waals surface area (Å²) in [6, 6.07) is 9.06. The number of hydrogen-bond acceptors (Lipinski definition) is 7. The van der Waals surface area contributed by atoms with Gasteiger partial charge in [-0.1, -0.05) is 41.6 Å². The highest BCUT2D eigenvalue weighted by Crippen LogP contribution is 2.31. The first-order valence-corrected chi connectivity index (χ1v) is 10.2. The van der Waals surface area contributed by atoms with Crippen LogP contribution in [0.4, 0.5) is 13.2 Å². The lowest BCUT2D eigenvalue weighted by Gasteiger charge is -2.21. The second-order valence-corrected chi connectivity index (χ2v) is 7.50. The van der Waals surface area contributed by atoms with Gasteiger partial charge in [0.1, 0.15) is 6.61 Å². The SMILES string of the molecule is N#CC1C=C(c2nc(-c3cccc4c(CCC(=O)O)nccc34)no2)C=CC1OCC(F)(F)F. The maximum Gasteiger partial charge on any atom is 0.411 e. The average Bonchev–Trinajstić information content (AvgIpc) is 3.30. The van der Waals surface area contributed by atoms with E-state index in [0.717, 1.165) is 10.8 Å². The van der Waals surface area contributed by atoms with E-state index >= 15 is 0 Å². The van der Waals surface area contributed by atoms with Gasteiger partial charge in [-0.15, -0.1) is 0 Å². The van der Waals surface area contributed by atoms with Crippen molar-refractivity contribution in [1.82, 2.24) is 15.1 Å². The number of rotatable bonds is 7. The molecule has 11 heteroatoms. The molecule has 2 unspecified atom stereocenters. The second-order valence-electron chi connectivity index (χ2n) is 7.50. The number of nitrogens with zero attached hydrogens (tertiary/aromatic N) is 4. The Bertz CT molecular complexity index is 1320. The van der Waals surface area contributed by atoms with Gasteiger partial charge >= 0.3 is 12.1 Å². The number of carboxylic acid groups (broad SMARTS) is 1. The van der Waals surface area contributed by atoms with Crippen LogP contribution in [0.1, 0.15) is 18.0 Å². The van der Waals surface area contributed by atoms with E-state index in [1.807, 2.05) is 12.1 Å². The van der Waals surface area contributed by atoms with Crippen LogP contribution >= 0.6 is 0 Å². The molecule has 0 saturated carbocycles. The molecule has 0 spiro atoms. The normalized spacial score (nSPS) is 18.0. The predicted molar refractivity (Wildman–Crippen MR) is 113 cm³/mol. The van der Waals surface area contributed by atoms with Crippen LogP contribution in [-0.2, 0) is 16.0 Å². The summed E-state index contributed by atoms with van der Waals surface area (Å²) in [6.07, 6.45) is 0.494. The van der Waals surface area contributed by atoms with Crippen molar-refractivity contribution < 1.29 is 32.3 Å². The molecule has 0 amide bonds. The number of carboxylic acids is 1. The van der Waals surface area contributed by atoms with Crippen molar-refractivity contribution in [2.24, 2.45) is 5.92 Å². The van der Waals surface area contributed by atoms with Gasteiger partial charge in [-0.3, -0.25) is 9.78 Å². The smallest absolute Gasteiger partial charge is 0.411 e. The van der Waals surface area contributed by atoms with E-state index in [-0.39, 0.29) is 24.6 Å². The van der Waals surface area contributed by atoms with E-state index in [4.69, 9.17) is 14.4 Å². The third-order valence-corrected chi connectivity index (χ3v) is 5.15. The molecule has 1 N–H and O–H groups in total. The van der Waals surface area contributed by atoms with E-state index in [1.165, 1.54) is 18.2 Å². The van der Waals surface area contributed by atoms with Crippen LogP contribution in [0, 0.1) is 17.2 Å². The van der Waals surface area contributed by atoms with Gasteiger partial charge in [0.15, 0.2) is 0 Å². The average molecular weight is 470 g/mol. The number of alkyl halides is 3. The highest BCUT2D eigenvalue weighted by molar-refractivity contribution is 5.96. The minimum absolute atomic E-state index is 0.0586. The van der Waals surface area contributed by atoms with E-state index in [2.05, 4.69) is 15.1 Å². The summed E-state index contributed by atoms with van der Waals surface area (Å²) in [7, 11) is 0. The fourth-order valence-electron chi connectivity index (χ4n) is 3.60. The van der Waals surface area contributed by atoms with Crippen LogP contribution in [-0.4, -0.2) is 45.1 Å². The third kappa shape index (κ3) is 5.13. The molecule has 2 atom stereocenters. The van der Waals surface area contributed by atoms with Gasteiger partial charge in [-0.2, -0.15) is 23.4 Å². The first kappa shape index (κ1) is 23.1. The fraction of sp³-hybridized carbons (Fsp3) is 0.261.